The topological polar surface area (TPSA) is 3.24 Å². The number of anilines is 3. The third-order valence-electron chi connectivity index (χ3n) is 14.8. The van der Waals surface area contributed by atoms with Crippen LogP contribution < -0.4 is 4.90 Å². The van der Waals surface area contributed by atoms with E-state index in [9.17, 15) is 0 Å². The molecule has 11 aromatic carbocycles. The first kappa shape index (κ1) is 40.5. The Hall–Kier alpha value is -8.78. The Morgan fingerprint density at radius 2 is 0.580 bits per heavy atom. The van der Waals surface area contributed by atoms with Crippen LogP contribution in [0.15, 0.2) is 285 Å². The molecular weight excluding hydrogens is 831 g/mol. The largest absolute Gasteiger partial charge is 0.310 e. The predicted molar refractivity (Wildman–Crippen MR) is 287 cm³/mol. The van der Waals surface area contributed by atoms with Gasteiger partial charge in [0.2, 0.25) is 0 Å². The van der Waals surface area contributed by atoms with Crippen molar-refractivity contribution in [1.82, 2.24) is 0 Å². The molecule has 0 unspecified atom stereocenters. The first-order valence-corrected chi connectivity index (χ1v) is 24.0. The maximum absolute atomic E-state index is 2.45. The van der Waals surface area contributed by atoms with Crippen molar-refractivity contribution in [2.45, 2.75) is 10.8 Å². The fraction of sp³-hybridized carbons (Fsp3) is 0.0294. The standard InChI is InChI=1S/C68H47N/c1-6-21-48(22-7-1)50-23-20-32-57(45-50)69(58-42-44-65-62(47-58)60-34-17-19-36-64(60)67(65,52-24-8-2-9-25-52)53-26-10-3-11-27-53)56-40-37-49(38-41-56)51-39-43-61-59-33-16-18-35-63(59)68(66(61)46-51,54-28-12-4-13-29-54)55-30-14-5-15-31-55/h1-47H. The number of fused-ring (bicyclic) bond motifs is 6. The average Bonchev–Trinajstić information content (AvgIpc) is 3.90. The minimum atomic E-state index is -0.470. The van der Waals surface area contributed by atoms with Crippen molar-refractivity contribution in [1.29, 1.82) is 0 Å². The van der Waals surface area contributed by atoms with E-state index in [2.05, 4.69) is 290 Å². The maximum Gasteiger partial charge on any atom is 0.0713 e. The van der Waals surface area contributed by atoms with Crippen LogP contribution in [-0.4, -0.2) is 0 Å². The minimum absolute atomic E-state index is 0.463. The van der Waals surface area contributed by atoms with Gasteiger partial charge in [-0.25, -0.2) is 0 Å². The average molecular weight is 878 g/mol. The van der Waals surface area contributed by atoms with Gasteiger partial charge in [0.05, 0.1) is 10.8 Å². The van der Waals surface area contributed by atoms with E-state index < -0.39 is 10.8 Å². The molecule has 0 atom stereocenters. The molecule has 0 radical (unpaired) electrons. The summed E-state index contributed by atoms with van der Waals surface area (Å²) in [6.07, 6.45) is 0. The normalized spacial score (nSPS) is 13.4. The van der Waals surface area contributed by atoms with E-state index >= 15 is 0 Å². The quantitative estimate of drug-likeness (QED) is 0.140. The van der Waals surface area contributed by atoms with Crippen molar-refractivity contribution in [2.24, 2.45) is 0 Å². The third kappa shape index (κ3) is 6.32. The maximum atomic E-state index is 2.45. The lowest BCUT2D eigenvalue weighted by Crippen LogP contribution is -2.28. The van der Waals surface area contributed by atoms with Crippen LogP contribution in [0.25, 0.3) is 44.5 Å². The zero-order valence-electron chi connectivity index (χ0n) is 38.1. The van der Waals surface area contributed by atoms with Crippen molar-refractivity contribution in [3.8, 4) is 44.5 Å². The summed E-state index contributed by atoms with van der Waals surface area (Å²) in [4.78, 5) is 2.43. The highest BCUT2D eigenvalue weighted by atomic mass is 15.1. The molecule has 0 N–H and O–H groups in total. The second-order valence-corrected chi connectivity index (χ2v) is 18.3. The van der Waals surface area contributed by atoms with Crippen molar-refractivity contribution in [2.75, 3.05) is 4.90 Å². The molecule has 1 nitrogen and oxygen atoms in total. The predicted octanol–water partition coefficient (Wildman–Crippen LogP) is 17.2. The van der Waals surface area contributed by atoms with Crippen LogP contribution in [0.2, 0.25) is 0 Å². The molecule has 0 heterocycles. The molecule has 2 aliphatic rings. The van der Waals surface area contributed by atoms with Crippen LogP contribution in [-0.2, 0) is 10.8 Å². The third-order valence-corrected chi connectivity index (χ3v) is 14.8. The molecule has 0 spiro atoms. The van der Waals surface area contributed by atoms with Gasteiger partial charge in [0.1, 0.15) is 0 Å². The number of hydrogen-bond donors (Lipinski definition) is 0. The van der Waals surface area contributed by atoms with Crippen LogP contribution in [0.3, 0.4) is 0 Å². The first-order valence-electron chi connectivity index (χ1n) is 24.0. The summed E-state index contributed by atoms with van der Waals surface area (Å²) < 4.78 is 0. The van der Waals surface area contributed by atoms with Gasteiger partial charge in [-0.15, -0.1) is 0 Å². The van der Waals surface area contributed by atoms with Gasteiger partial charge < -0.3 is 4.90 Å². The highest BCUT2D eigenvalue weighted by molar-refractivity contribution is 5.92. The molecule has 0 aliphatic heterocycles. The van der Waals surface area contributed by atoms with Gasteiger partial charge in [-0.05, 0) is 131 Å². The van der Waals surface area contributed by atoms with E-state index in [0.717, 1.165) is 17.1 Å². The Labute approximate surface area is 404 Å². The van der Waals surface area contributed by atoms with E-state index in [1.54, 1.807) is 0 Å². The van der Waals surface area contributed by atoms with Crippen LogP contribution in [0, 0.1) is 0 Å². The summed E-state index contributed by atoms with van der Waals surface area (Å²) in [7, 11) is 0. The lowest BCUT2D eigenvalue weighted by Gasteiger charge is -2.34. The van der Waals surface area contributed by atoms with E-state index in [-0.39, 0.29) is 0 Å². The van der Waals surface area contributed by atoms with E-state index in [4.69, 9.17) is 0 Å². The second-order valence-electron chi connectivity index (χ2n) is 18.3. The molecule has 2 aliphatic carbocycles. The Bertz CT molecular complexity index is 3560. The highest BCUT2D eigenvalue weighted by Crippen LogP contribution is 2.59. The molecule has 1 heteroatoms. The molecule has 69 heavy (non-hydrogen) atoms. The smallest absolute Gasteiger partial charge is 0.0713 e. The molecule has 0 aromatic heterocycles. The first-order chi connectivity index (χ1) is 34.2. The molecule has 0 saturated heterocycles. The lowest BCUT2D eigenvalue weighted by molar-refractivity contribution is 0.768. The molecule has 13 rings (SSSR count). The Morgan fingerprint density at radius 3 is 1.14 bits per heavy atom. The monoisotopic (exact) mass is 877 g/mol. The Morgan fingerprint density at radius 1 is 0.203 bits per heavy atom. The molecule has 0 bridgehead atoms. The van der Waals surface area contributed by atoms with Gasteiger partial charge in [0, 0.05) is 17.1 Å². The molecule has 11 aromatic rings. The molecule has 0 fully saturated rings. The van der Waals surface area contributed by atoms with Crippen molar-refractivity contribution < 1.29 is 0 Å². The van der Waals surface area contributed by atoms with Crippen LogP contribution >= 0.6 is 0 Å². The summed E-state index contributed by atoms with van der Waals surface area (Å²) in [6, 6.07) is 105. The van der Waals surface area contributed by atoms with Gasteiger partial charge in [-0.3, -0.25) is 0 Å². The zero-order valence-corrected chi connectivity index (χ0v) is 38.1. The van der Waals surface area contributed by atoms with Crippen LogP contribution in [0.5, 0.6) is 0 Å². The van der Waals surface area contributed by atoms with Gasteiger partial charge >= 0.3 is 0 Å². The van der Waals surface area contributed by atoms with E-state index in [1.807, 2.05) is 0 Å². The van der Waals surface area contributed by atoms with Crippen molar-refractivity contribution in [3.63, 3.8) is 0 Å². The summed E-state index contributed by atoms with van der Waals surface area (Å²) in [5, 5.41) is 0. The van der Waals surface area contributed by atoms with E-state index in [1.165, 1.54) is 89.0 Å². The minimum Gasteiger partial charge on any atom is -0.310 e. The van der Waals surface area contributed by atoms with Crippen molar-refractivity contribution >= 4 is 17.1 Å². The molecule has 0 saturated carbocycles. The summed E-state index contributed by atoms with van der Waals surface area (Å²) >= 11 is 0. The molecule has 0 amide bonds. The van der Waals surface area contributed by atoms with Gasteiger partial charge in [-0.1, -0.05) is 243 Å². The number of rotatable bonds is 9. The Kier molecular flexibility index (Phi) is 9.70. The fourth-order valence-corrected chi connectivity index (χ4v) is 11.9. The summed E-state index contributed by atoms with van der Waals surface area (Å²) in [5.74, 6) is 0. The molecule has 324 valence electrons. The zero-order chi connectivity index (χ0) is 45.8. The number of nitrogens with zero attached hydrogens (tertiary/aromatic N) is 1. The molecular formula is C68H47N. The Balaban J connectivity index is 0.971. The van der Waals surface area contributed by atoms with Gasteiger partial charge in [0.15, 0.2) is 0 Å². The summed E-state index contributed by atoms with van der Waals surface area (Å²) in [5.41, 5.74) is 22.4. The highest BCUT2D eigenvalue weighted by Gasteiger charge is 2.47. The second kappa shape index (κ2) is 16.5. The fourth-order valence-electron chi connectivity index (χ4n) is 11.9. The SMILES string of the molecule is c1ccc(-c2cccc(N(c3ccc(-c4ccc5c(c4)C(c4ccccc4)(c4ccccc4)c4ccccc4-5)cc3)c3ccc4c(c3)-c3ccccc3C4(c3ccccc3)c3ccccc3)c2)cc1. The van der Waals surface area contributed by atoms with E-state index in [0.29, 0.717) is 0 Å². The lowest BCUT2D eigenvalue weighted by atomic mass is 9.67. The summed E-state index contributed by atoms with van der Waals surface area (Å²) in [6.45, 7) is 0. The van der Waals surface area contributed by atoms with Crippen LogP contribution in [0.4, 0.5) is 17.1 Å². The number of benzene rings is 11. The van der Waals surface area contributed by atoms with Crippen LogP contribution in [0.1, 0.15) is 44.5 Å². The van der Waals surface area contributed by atoms with Gasteiger partial charge in [-0.2, -0.15) is 0 Å². The van der Waals surface area contributed by atoms with Gasteiger partial charge in [0.25, 0.3) is 0 Å². The van der Waals surface area contributed by atoms with Crippen molar-refractivity contribution in [3.05, 3.63) is 330 Å². The number of hydrogen-bond acceptors (Lipinski definition) is 1.